The zero-order valence-electron chi connectivity index (χ0n) is 17.9. The molecule has 1 aliphatic rings. The Hall–Kier alpha value is -3.15. The second-order valence-electron chi connectivity index (χ2n) is 7.88. The zero-order valence-corrected chi connectivity index (χ0v) is 18.7. The van der Waals surface area contributed by atoms with Crippen molar-refractivity contribution in [3.63, 3.8) is 0 Å². The van der Waals surface area contributed by atoms with Crippen LogP contribution in [0.5, 0.6) is 0 Å². The number of carbonyl (C=O) groups excluding carboxylic acids is 1. The second-order valence-corrected chi connectivity index (χ2v) is 9.90. The molecule has 0 saturated carbocycles. The van der Waals surface area contributed by atoms with Crippen molar-refractivity contribution >= 4 is 32.8 Å². The summed E-state index contributed by atoms with van der Waals surface area (Å²) in [5, 5.41) is 11.4. The molecule has 1 heterocycles. The van der Waals surface area contributed by atoms with Gasteiger partial charge in [0.2, 0.25) is 5.91 Å². The molecule has 12 heteroatoms. The minimum Gasteiger partial charge on any atom is -0.366 e. The first-order chi connectivity index (χ1) is 15.3. The number of carbonyl (C=O) groups is 1. The van der Waals surface area contributed by atoms with Crippen LogP contribution < -0.4 is 9.80 Å². The highest BCUT2D eigenvalue weighted by molar-refractivity contribution is 7.90. The van der Waals surface area contributed by atoms with Crippen LogP contribution in [0.2, 0.25) is 0 Å². The lowest BCUT2D eigenvalue weighted by Crippen LogP contribution is -2.41. The Morgan fingerprint density at radius 3 is 2.18 bits per heavy atom. The van der Waals surface area contributed by atoms with E-state index >= 15 is 0 Å². The summed E-state index contributed by atoms with van der Waals surface area (Å²) in [4.78, 5) is 26.6. The van der Waals surface area contributed by atoms with E-state index < -0.39 is 32.2 Å². The molecule has 0 unspecified atom stereocenters. The Morgan fingerprint density at radius 2 is 1.70 bits per heavy atom. The summed E-state index contributed by atoms with van der Waals surface area (Å²) in [7, 11) is -1.78. The third kappa shape index (κ3) is 5.44. The highest BCUT2D eigenvalue weighted by Gasteiger charge is 2.35. The Kier molecular flexibility index (Phi) is 6.68. The Labute approximate surface area is 188 Å². The molecule has 0 aromatic heterocycles. The number of nitro groups is 1. The average Bonchev–Trinajstić information content (AvgIpc) is 2.76. The minimum atomic E-state index is -4.69. The fraction of sp³-hybridized carbons (Fsp3) is 0.381. The van der Waals surface area contributed by atoms with Gasteiger partial charge in [-0.15, -0.1) is 0 Å². The molecule has 33 heavy (non-hydrogen) atoms. The number of nitrogens with zero attached hydrogens (tertiary/aromatic N) is 3. The molecule has 0 N–H and O–H groups in total. The van der Waals surface area contributed by atoms with Crippen LogP contribution in [0.15, 0.2) is 47.4 Å². The van der Waals surface area contributed by atoms with Crippen molar-refractivity contribution in [2.45, 2.75) is 23.9 Å². The second kappa shape index (κ2) is 9.00. The van der Waals surface area contributed by atoms with Crippen LogP contribution in [0.3, 0.4) is 0 Å². The highest BCUT2D eigenvalue weighted by Crippen LogP contribution is 2.38. The van der Waals surface area contributed by atoms with Gasteiger partial charge in [-0.05, 0) is 49.2 Å². The minimum absolute atomic E-state index is 0.0867. The van der Waals surface area contributed by atoms with Gasteiger partial charge in [0.25, 0.3) is 5.69 Å². The molecule has 1 amide bonds. The smallest absolute Gasteiger partial charge is 0.366 e. The molecule has 2 aromatic rings. The molecule has 178 valence electrons. The van der Waals surface area contributed by atoms with E-state index in [9.17, 15) is 36.5 Å². The molecule has 1 aliphatic heterocycles. The third-order valence-electron chi connectivity index (χ3n) is 5.67. The van der Waals surface area contributed by atoms with E-state index in [2.05, 4.69) is 0 Å². The number of hydrogen-bond acceptors (Lipinski definition) is 6. The number of piperidine rings is 1. The molecular weight excluding hydrogens is 463 g/mol. The Bertz CT molecular complexity index is 1160. The summed E-state index contributed by atoms with van der Waals surface area (Å²) >= 11 is 0. The van der Waals surface area contributed by atoms with Gasteiger partial charge in [-0.1, -0.05) is 0 Å². The lowest BCUT2D eigenvalue weighted by atomic mass is 9.94. The van der Waals surface area contributed by atoms with Crippen molar-refractivity contribution < 1.29 is 31.3 Å². The van der Waals surface area contributed by atoms with Gasteiger partial charge in [-0.2, -0.15) is 13.2 Å². The quantitative estimate of drug-likeness (QED) is 0.470. The molecule has 0 atom stereocenters. The van der Waals surface area contributed by atoms with Crippen molar-refractivity contribution in [2.24, 2.45) is 5.92 Å². The van der Waals surface area contributed by atoms with E-state index in [0.717, 1.165) is 18.4 Å². The predicted molar refractivity (Wildman–Crippen MR) is 116 cm³/mol. The van der Waals surface area contributed by atoms with Crippen LogP contribution in [0.25, 0.3) is 0 Å². The number of rotatable bonds is 5. The van der Waals surface area contributed by atoms with Gasteiger partial charge in [-0.25, -0.2) is 8.42 Å². The fourth-order valence-corrected chi connectivity index (χ4v) is 4.43. The van der Waals surface area contributed by atoms with Crippen LogP contribution in [0.4, 0.5) is 30.2 Å². The van der Waals surface area contributed by atoms with Gasteiger partial charge >= 0.3 is 6.18 Å². The first-order valence-electron chi connectivity index (χ1n) is 9.97. The molecule has 0 radical (unpaired) electrons. The van der Waals surface area contributed by atoms with Gasteiger partial charge in [0.05, 0.1) is 15.4 Å². The molecule has 8 nitrogen and oxygen atoms in total. The number of hydrogen-bond donors (Lipinski definition) is 0. The maximum atomic E-state index is 12.9. The molecule has 1 saturated heterocycles. The van der Waals surface area contributed by atoms with Crippen molar-refractivity contribution in [1.82, 2.24) is 0 Å². The molecule has 0 aliphatic carbocycles. The van der Waals surface area contributed by atoms with Crippen LogP contribution in [0, 0.1) is 16.0 Å². The van der Waals surface area contributed by atoms with E-state index in [-0.39, 0.29) is 35.5 Å². The number of amides is 1. The Balaban J connectivity index is 1.70. The summed E-state index contributed by atoms with van der Waals surface area (Å²) < 4.78 is 62.0. The van der Waals surface area contributed by atoms with Crippen molar-refractivity contribution in [2.75, 3.05) is 36.2 Å². The van der Waals surface area contributed by atoms with Gasteiger partial charge in [0, 0.05) is 44.1 Å². The first-order valence-corrected chi connectivity index (χ1v) is 11.9. The molecular formula is C21H22F3N3O5S. The number of halogens is 3. The van der Waals surface area contributed by atoms with Crippen molar-refractivity contribution in [3.8, 4) is 0 Å². The molecule has 0 spiro atoms. The molecule has 3 rings (SSSR count). The lowest BCUT2D eigenvalue weighted by molar-refractivity contribution is -0.384. The van der Waals surface area contributed by atoms with Crippen LogP contribution >= 0.6 is 0 Å². The van der Waals surface area contributed by atoms with Crippen LogP contribution in [-0.4, -0.2) is 45.6 Å². The number of alkyl halides is 3. The first kappa shape index (κ1) is 24.5. The number of anilines is 2. The summed E-state index contributed by atoms with van der Waals surface area (Å²) in [5.74, 6) is -0.571. The lowest BCUT2D eigenvalue weighted by Gasteiger charge is -2.34. The third-order valence-corrected chi connectivity index (χ3v) is 6.80. The fourth-order valence-electron chi connectivity index (χ4n) is 3.80. The van der Waals surface area contributed by atoms with Gasteiger partial charge < -0.3 is 9.80 Å². The maximum absolute atomic E-state index is 12.9. The summed E-state index contributed by atoms with van der Waals surface area (Å²) in [6, 6.07) is 8.35. The van der Waals surface area contributed by atoms with Crippen molar-refractivity contribution in [1.29, 1.82) is 0 Å². The monoisotopic (exact) mass is 485 g/mol. The Morgan fingerprint density at radius 1 is 1.12 bits per heavy atom. The topological polar surface area (TPSA) is 101 Å². The molecule has 2 aromatic carbocycles. The van der Waals surface area contributed by atoms with Crippen molar-refractivity contribution in [3.05, 3.63) is 58.1 Å². The normalized spacial score (nSPS) is 15.4. The van der Waals surface area contributed by atoms with E-state index in [0.29, 0.717) is 24.6 Å². The summed E-state index contributed by atoms with van der Waals surface area (Å²) in [6.45, 7) is 0.535. The standard InChI is InChI=1S/C21H22F3N3O5S/c1-25(16-4-6-17(7-5-16)33(2,31)32)20(28)14-9-11-26(12-10-14)18-8-3-15(21(22,23)24)13-19(18)27(29)30/h3-8,13-14H,9-12H2,1-2H3. The summed E-state index contributed by atoms with van der Waals surface area (Å²) in [5.41, 5.74) is -1.11. The van der Waals surface area contributed by atoms with Crippen LogP contribution in [0.1, 0.15) is 18.4 Å². The number of sulfone groups is 1. The maximum Gasteiger partial charge on any atom is 0.416 e. The SMILES string of the molecule is CN(C(=O)C1CCN(c2ccc(C(F)(F)F)cc2[N+](=O)[O-])CC1)c1ccc(S(C)(=O)=O)cc1. The largest absolute Gasteiger partial charge is 0.416 e. The van der Waals surface area contributed by atoms with E-state index in [4.69, 9.17) is 0 Å². The average molecular weight is 485 g/mol. The summed E-state index contributed by atoms with van der Waals surface area (Å²) in [6.07, 6.45) is -2.87. The van der Waals surface area contributed by atoms with E-state index in [1.165, 1.54) is 29.2 Å². The number of nitro benzene ring substituents is 1. The van der Waals surface area contributed by atoms with Gasteiger partial charge in [0.15, 0.2) is 9.84 Å². The molecule has 1 fully saturated rings. The van der Waals surface area contributed by atoms with E-state index in [1.54, 1.807) is 11.9 Å². The zero-order chi connectivity index (χ0) is 24.6. The van der Waals surface area contributed by atoms with E-state index in [1.807, 2.05) is 0 Å². The predicted octanol–water partition coefficient (Wildman–Crippen LogP) is 3.90. The number of benzene rings is 2. The molecule has 0 bridgehead atoms. The van der Waals surface area contributed by atoms with Gasteiger partial charge in [-0.3, -0.25) is 14.9 Å². The van der Waals surface area contributed by atoms with Crippen LogP contribution in [-0.2, 0) is 20.8 Å². The van der Waals surface area contributed by atoms with Gasteiger partial charge in [0.1, 0.15) is 5.69 Å². The highest BCUT2D eigenvalue weighted by atomic mass is 32.2.